The van der Waals surface area contributed by atoms with E-state index in [9.17, 15) is 5.11 Å². The summed E-state index contributed by atoms with van der Waals surface area (Å²) in [7, 11) is -1.84. The summed E-state index contributed by atoms with van der Waals surface area (Å²) in [6.45, 7) is 30.3. The van der Waals surface area contributed by atoms with E-state index in [1.54, 1.807) is 26.2 Å². The van der Waals surface area contributed by atoms with Crippen molar-refractivity contribution in [2.24, 2.45) is 0 Å². The van der Waals surface area contributed by atoms with Crippen molar-refractivity contribution >= 4 is 8.07 Å². The van der Waals surface area contributed by atoms with Crippen molar-refractivity contribution < 1.29 is 5.11 Å². The fraction of sp³-hybridized carbons (Fsp3) is 0.417. The average molecular weight is 1050 g/mol. The number of hydrogen-bond donors (Lipinski definition) is 1. The molecule has 400 valence electrons. The SMILES string of the molecule is CCC/C(C#Cc1ccc(C#C/C(CCC)=C(/C#Cc2ccc(C#C[Si](C(C)C)(C(C)C)C(C)C)nc2)CCC)nc1)=C(\C#Cc1ccc(C#C/C(CCC)=C(/C#Cc2ccc(C#CC(C)(C)O)cn2)CCC)cn1)CCC. The fourth-order valence-electron chi connectivity index (χ4n) is 9.09. The molecule has 6 heteroatoms. The molecule has 4 aromatic rings. The quantitative estimate of drug-likeness (QED) is 0.0949. The van der Waals surface area contributed by atoms with E-state index in [-0.39, 0.29) is 0 Å². The molecule has 78 heavy (non-hydrogen) atoms. The Morgan fingerprint density at radius 1 is 0.385 bits per heavy atom. The Balaban J connectivity index is 1.55. The predicted octanol–water partition coefficient (Wildman–Crippen LogP) is 15.9. The molecule has 0 aliphatic rings. The molecule has 0 radical (unpaired) electrons. The zero-order valence-electron chi connectivity index (χ0n) is 49.4. The highest BCUT2D eigenvalue weighted by Gasteiger charge is 2.41. The second kappa shape index (κ2) is 32.9. The normalized spacial score (nSPS) is 11.8. The van der Waals surface area contributed by atoms with Gasteiger partial charge in [-0.2, -0.15) is 0 Å². The number of hydrogen-bond acceptors (Lipinski definition) is 5. The number of allylic oxidation sites excluding steroid dienone is 6. The molecule has 5 nitrogen and oxygen atoms in total. The lowest BCUT2D eigenvalue weighted by atomic mass is 9.99. The van der Waals surface area contributed by atoms with Crippen LogP contribution in [0, 0.1) is 94.4 Å². The molecule has 1 N–H and O–H groups in total. The van der Waals surface area contributed by atoms with E-state index in [1.807, 2.05) is 60.9 Å². The third-order valence-electron chi connectivity index (χ3n) is 13.0. The van der Waals surface area contributed by atoms with Gasteiger partial charge < -0.3 is 5.11 Å². The highest BCUT2D eigenvalue weighted by atomic mass is 28.3. The maximum absolute atomic E-state index is 9.93. The third-order valence-corrected chi connectivity index (χ3v) is 19.3. The molecule has 0 fully saturated rings. The van der Waals surface area contributed by atoms with Gasteiger partial charge in [0.05, 0.1) is 0 Å². The van der Waals surface area contributed by atoms with Gasteiger partial charge in [-0.25, -0.2) is 19.9 Å². The summed E-state index contributed by atoms with van der Waals surface area (Å²) in [5, 5.41) is 9.93. The van der Waals surface area contributed by atoms with Crippen LogP contribution in [0.25, 0.3) is 0 Å². The molecular weight excluding hydrogens is 965 g/mol. The van der Waals surface area contributed by atoms with Gasteiger partial charge in [-0.15, -0.1) is 5.54 Å². The van der Waals surface area contributed by atoms with E-state index in [1.165, 1.54) is 0 Å². The first-order valence-electron chi connectivity index (χ1n) is 28.4. The van der Waals surface area contributed by atoms with Crippen LogP contribution in [0.1, 0.15) is 219 Å². The zero-order chi connectivity index (χ0) is 56.9. The summed E-state index contributed by atoms with van der Waals surface area (Å²) >= 11 is 0. The number of pyridine rings is 4. The van der Waals surface area contributed by atoms with Crippen LogP contribution in [0.2, 0.25) is 16.6 Å². The van der Waals surface area contributed by atoms with Crippen molar-refractivity contribution in [2.45, 2.75) is 196 Å². The number of aromatic nitrogens is 4. The fourth-order valence-corrected chi connectivity index (χ4v) is 14.3. The van der Waals surface area contributed by atoms with Crippen molar-refractivity contribution in [3.8, 4) is 94.4 Å². The molecule has 0 bridgehead atoms. The molecule has 0 saturated carbocycles. The predicted molar refractivity (Wildman–Crippen MR) is 330 cm³/mol. The van der Waals surface area contributed by atoms with Gasteiger partial charge in [0, 0.05) is 80.5 Å². The molecule has 0 aliphatic carbocycles. The zero-order valence-corrected chi connectivity index (χ0v) is 50.4. The lowest BCUT2D eigenvalue weighted by molar-refractivity contribution is 0.143. The smallest absolute Gasteiger partial charge is 0.146 e. The summed E-state index contributed by atoms with van der Waals surface area (Å²) in [4.78, 5) is 18.6. The monoisotopic (exact) mass is 1050 g/mol. The molecule has 0 amide bonds. The van der Waals surface area contributed by atoms with Crippen molar-refractivity contribution in [1.29, 1.82) is 0 Å². The van der Waals surface area contributed by atoms with E-state index < -0.39 is 13.7 Å². The number of aliphatic hydroxyl groups is 1. The van der Waals surface area contributed by atoms with Gasteiger partial charge in [-0.1, -0.05) is 193 Å². The Morgan fingerprint density at radius 3 is 0.846 bits per heavy atom. The van der Waals surface area contributed by atoms with Gasteiger partial charge in [0.25, 0.3) is 0 Å². The Hall–Kier alpha value is -7.52. The lowest BCUT2D eigenvalue weighted by Gasteiger charge is -2.38. The standard InChI is InChI=1S/C72H82N4OSi/c1-15-21-62(65(24-18-4)37-44-68-40-31-59(52-73-68)28-35-63(22-16-2)67(26-20-6)39-46-70-42-33-61(54-75-70)47-49-72(13,14)77)34-27-58-30-41-69(74-51-58)45-38-66(25-19-5)64(23-17-3)36-29-60-32-43-71(76-53-60)48-50-78(55(7)8,56(9)10)57(11)12/h30-33,40-43,51-57,77H,15-26H2,1-14H3/b65-62+,66-64+,67-63+. The summed E-state index contributed by atoms with van der Waals surface area (Å²) in [6, 6.07) is 15.6. The average Bonchev–Trinajstić information content (AvgIpc) is 3.43. The van der Waals surface area contributed by atoms with Crippen molar-refractivity contribution in [3.63, 3.8) is 0 Å². The topological polar surface area (TPSA) is 71.8 Å². The van der Waals surface area contributed by atoms with Crippen LogP contribution in [0.15, 0.2) is 107 Å². The lowest BCUT2D eigenvalue weighted by Crippen LogP contribution is -2.43. The van der Waals surface area contributed by atoms with E-state index in [0.29, 0.717) is 33.7 Å². The second-order valence-corrected chi connectivity index (χ2v) is 26.6. The van der Waals surface area contributed by atoms with Crippen LogP contribution < -0.4 is 0 Å². The van der Waals surface area contributed by atoms with Crippen LogP contribution in [-0.2, 0) is 0 Å². The van der Waals surface area contributed by atoms with Crippen LogP contribution in [0.4, 0.5) is 0 Å². The van der Waals surface area contributed by atoms with Gasteiger partial charge in [0.1, 0.15) is 36.5 Å². The summed E-state index contributed by atoms with van der Waals surface area (Å²) in [5.74, 6) is 49.9. The van der Waals surface area contributed by atoms with Crippen molar-refractivity contribution in [1.82, 2.24) is 19.9 Å². The Bertz CT molecular complexity index is 3240. The minimum absolute atomic E-state index is 0.573. The molecule has 4 aromatic heterocycles. The molecule has 4 rings (SSSR count). The van der Waals surface area contributed by atoms with Crippen LogP contribution in [0.5, 0.6) is 0 Å². The molecule has 0 aromatic carbocycles. The molecule has 0 unspecified atom stereocenters. The minimum atomic E-state index is -1.84. The van der Waals surface area contributed by atoms with E-state index >= 15 is 0 Å². The maximum Gasteiger partial charge on any atom is 0.146 e. The first-order valence-corrected chi connectivity index (χ1v) is 30.6. The maximum atomic E-state index is 9.93. The highest BCUT2D eigenvalue weighted by Crippen LogP contribution is 2.40. The third kappa shape index (κ3) is 20.8. The van der Waals surface area contributed by atoms with Gasteiger partial charge in [-0.3, -0.25) is 0 Å². The van der Waals surface area contributed by atoms with Gasteiger partial charge in [-0.05, 0) is 135 Å². The Kier molecular flexibility index (Phi) is 26.6. The summed E-state index contributed by atoms with van der Waals surface area (Å²) in [6.07, 6.45) is 17.9. The first-order chi connectivity index (χ1) is 37.5. The first kappa shape index (κ1) is 63.0. The summed E-state index contributed by atoms with van der Waals surface area (Å²) < 4.78 is 0. The Labute approximate surface area is 473 Å². The van der Waals surface area contributed by atoms with E-state index in [2.05, 4.69) is 187 Å². The van der Waals surface area contributed by atoms with E-state index in [0.717, 1.165) is 138 Å². The molecule has 0 atom stereocenters. The van der Waals surface area contributed by atoms with Gasteiger partial charge >= 0.3 is 0 Å². The van der Waals surface area contributed by atoms with E-state index in [4.69, 9.17) is 9.97 Å². The minimum Gasteiger partial charge on any atom is -0.378 e. The number of rotatable bonds is 15. The molecule has 0 saturated heterocycles. The Morgan fingerprint density at radius 2 is 0.628 bits per heavy atom. The van der Waals surface area contributed by atoms with Crippen LogP contribution in [-0.4, -0.2) is 38.7 Å². The molecular formula is C72H82N4OSi. The molecule has 4 heterocycles. The molecule has 0 aliphatic heterocycles. The molecule has 0 spiro atoms. The van der Waals surface area contributed by atoms with Gasteiger partial charge in [0.2, 0.25) is 0 Å². The summed E-state index contributed by atoms with van der Waals surface area (Å²) in [5.41, 5.74) is 16.8. The van der Waals surface area contributed by atoms with Crippen LogP contribution in [0.3, 0.4) is 0 Å². The van der Waals surface area contributed by atoms with Crippen molar-refractivity contribution in [3.05, 3.63) is 152 Å². The largest absolute Gasteiger partial charge is 0.378 e. The van der Waals surface area contributed by atoms with Crippen LogP contribution >= 0.6 is 0 Å². The van der Waals surface area contributed by atoms with Gasteiger partial charge in [0.15, 0.2) is 0 Å². The highest BCUT2D eigenvalue weighted by molar-refractivity contribution is 6.90. The number of nitrogens with zero attached hydrogens (tertiary/aromatic N) is 4. The van der Waals surface area contributed by atoms with Crippen molar-refractivity contribution in [2.75, 3.05) is 0 Å². The second-order valence-electron chi connectivity index (χ2n) is 21.1.